The third-order valence-electron chi connectivity index (χ3n) is 6.41. The quantitative estimate of drug-likeness (QED) is 0.787. The summed E-state index contributed by atoms with van der Waals surface area (Å²) in [4.78, 5) is 32.2. The average Bonchev–Trinajstić information content (AvgIpc) is 3.34. The molecule has 2 aromatic heterocycles. The lowest BCUT2D eigenvalue weighted by Crippen LogP contribution is -2.19. The Morgan fingerprint density at radius 1 is 1.30 bits per heavy atom. The van der Waals surface area contributed by atoms with Crippen LogP contribution in [0.5, 0.6) is 0 Å². The molecule has 2 aromatic rings. The molecule has 2 bridgehead atoms. The molecule has 2 aliphatic rings. The van der Waals surface area contributed by atoms with Crippen molar-refractivity contribution in [3.8, 4) is 0 Å². The second-order valence-electron chi connectivity index (χ2n) is 8.03. The van der Waals surface area contributed by atoms with Gasteiger partial charge in [-0.1, -0.05) is 6.42 Å². The molecule has 3 atom stereocenters. The number of imidazole rings is 1. The smallest absolute Gasteiger partial charge is 0.306 e. The number of fused-ring (bicyclic) bond motifs is 3. The van der Waals surface area contributed by atoms with E-state index in [1.165, 1.54) is 25.7 Å². The first kappa shape index (κ1) is 17.9. The number of amides is 1. The second kappa shape index (κ2) is 6.94. The van der Waals surface area contributed by atoms with Crippen molar-refractivity contribution in [3.05, 3.63) is 29.0 Å². The first-order valence-corrected chi connectivity index (χ1v) is 9.72. The number of rotatable bonds is 6. The van der Waals surface area contributed by atoms with Crippen LogP contribution in [0, 0.1) is 31.6 Å². The molecule has 7 heteroatoms. The third kappa shape index (κ3) is 3.31. The summed E-state index contributed by atoms with van der Waals surface area (Å²) in [6, 6.07) is 0. The lowest BCUT2D eigenvalue weighted by molar-refractivity contribution is -0.145. The second-order valence-corrected chi connectivity index (χ2v) is 8.03. The van der Waals surface area contributed by atoms with Crippen molar-refractivity contribution in [2.75, 3.05) is 6.61 Å². The zero-order chi connectivity index (χ0) is 19.1. The molecule has 0 aromatic carbocycles. The fraction of sp³-hybridized carbons (Fsp3) is 0.600. The van der Waals surface area contributed by atoms with E-state index in [0.29, 0.717) is 31.0 Å². The Morgan fingerprint density at radius 2 is 2.11 bits per heavy atom. The van der Waals surface area contributed by atoms with E-state index in [2.05, 4.69) is 9.97 Å². The van der Waals surface area contributed by atoms with Crippen molar-refractivity contribution in [1.29, 1.82) is 0 Å². The predicted octanol–water partition coefficient (Wildman–Crippen LogP) is 2.36. The highest BCUT2D eigenvalue weighted by Gasteiger charge is 2.39. The summed E-state index contributed by atoms with van der Waals surface area (Å²) >= 11 is 0. The topological polar surface area (TPSA) is 99.6 Å². The Bertz CT molecular complexity index is 904. The van der Waals surface area contributed by atoms with Crippen LogP contribution in [-0.2, 0) is 16.0 Å². The summed E-state index contributed by atoms with van der Waals surface area (Å²) in [5.74, 6) is 1.44. The summed E-state index contributed by atoms with van der Waals surface area (Å²) in [6.07, 6.45) is 7.63. The zero-order valence-electron chi connectivity index (χ0n) is 15.9. The van der Waals surface area contributed by atoms with E-state index in [1.54, 1.807) is 10.7 Å². The average molecular weight is 370 g/mol. The van der Waals surface area contributed by atoms with Crippen LogP contribution in [-0.4, -0.2) is 32.9 Å². The normalized spacial score (nSPS) is 23.9. The molecule has 2 fully saturated rings. The van der Waals surface area contributed by atoms with Crippen molar-refractivity contribution in [2.24, 2.45) is 23.5 Å². The first-order valence-electron chi connectivity index (χ1n) is 9.72. The fourth-order valence-electron chi connectivity index (χ4n) is 4.94. The van der Waals surface area contributed by atoms with E-state index in [0.717, 1.165) is 28.8 Å². The monoisotopic (exact) mass is 370 g/mol. The van der Waals surface area contributed by atoms with Gasteiger partial charge in [0.05, 0.1) is 6.61 Å². The SMILES string of the molecule is Cc1nc2c(C(N)=O)ncn2c(C)c1CCC(=O)OCC1CC2CCC1C2. The Hall–Kier alpha value is -2.44. The molecule has 0 aliphatic heterocycles. The van der Waals surface area contributed by atoms with Gasteiger partial charge in [-0.25, -0.2) is 9.97 Å². The maximum atomic E-state index is 12.2. The van der Waals surface area contributed by atoms with Gasteiger partial charge in [-0.2, -0.15) is 0 Å². The highest BCUT2D eigenvalue weighted by Crippen LogP contribution is 2.48. The van der Waals surface area contributed by atoms with Gasteiger partial charge in [-0.05, 0) is 62.8 Å². The third-order valence-corrected chi connectivity index (χ3v) is 6.41. The van der Waals surface area contributed by atoms with E-state index in [1.807, 2.05) is 13.8 Å². The predicted molar refractivity (Wildman–Crippen MR) is 99.2 cm³/mol. The van der Waals surface area contributed by atoms with Crippen molar-refractivity contribution in [3.63, 3.8) is 0 Å². The van der Waals surface area contributed by atoms with Gasteiger partial charge in [0.25, 0.3) is 5.91 Å². The summed E-state index contributed by atoms with van der Waals surface area (Å²) < 4.78 is 7.32. The number of aromatic nitrogens is 3. The van der Waals surface area contributed by atoms with Crippen LogP contribution in [0.2, 0.25) is 0 Å². The minimum Gasteiger partial charge on any atom is -0.465 e. The lowest BCUT2D eigenvalue weighted by Gasteiger charge is -2.21. The van der Waals surface area contributed by atoms with Crippen molar-refractivity contribution < 1.29 is 14.3 Å². The number of carbonyl (C=O) groups excluding carboxylic acids is 2. The van der Waals surface area contributed by atoms with Gasteiger partial charge in [0.15, 0.2) is 11.3 Å². The van der Waals surface area contributed by atoms with Crippen LogP contribution in [0.3, 0.4) is 0 Å². The highest BCUT2D eigenvalue weighted by molar-refractivity contribution is 5.96. The summed E-state index contributed by atoms with van der Waals surface area (Å²) in [7, 11) is 0. The molecule has 1 amide bonds. The highest BCUT2D eigenvalue weighted by atomic mass is 16.5. The number of esters is 1. The number of nitrogens with zero attached hydrogens (tertiary/aromatic N) is 3. The maximum Gasteiger partial charge on any atom is 0.306 e. The van der Waals surface area contributed by atoms with Crippen LogP contribution in [0.15, 0.2) is 6.33 Å². The van der Waals surface area contributed by atoms with E-state index >= 15 is 0 Å². The number of ether oxygens (including phenoxy) is 1. The molecule has 0 radical (unpaired) electrons. The molecule has 144 valence electrons. The van der Waals surface area contributed by atoms with Crippen LogP contribution in [0.4, 0.5) is 0 Å². The number of hydrogen-bond donors (Lipinski definition) is 1. The Kier molecular flexibility index (Phi) is 4.61. The maximum absolute atomic E-state index is 12.2. The molecular formula is C20H26N4O3. The Morgan fingerprint density at radius 3 is 2.78 bits per heavy atom. The lowest BCUT2D eigenvalue weighted by atomic mass is 9.89. The Labute approximate surface area is 158 Å². The van der Waals surface area contributed by atoms with E-state index in [9.17, 15) is 9.59 Å². The fourth-order valence-corrected chi connectivity index (χ4v) is 4.94. The minimum atomic E-state index is -0.597. The molecule has 2 saturated carbocycles. The largest absolute Gasteiger partial charge is 0.465 e. The number of carbonyl (C=O) groups is 2. The number of hydrogen-bond acceptors (Lipinski definition) is 5. The molecule has 0 spiro atoms. The van der Waals surface area contributed by atoms with Crippen LogP contribution < -0.4 is 5.73 Å². The molecule has 4 rings (SSSR count). The molecule has 2 heterocycles. The Balaban J connectivity index is 1.39. The number of aryl methyl sites for hydroxylation is 2. The van der Waals surface area contributed by atoms with Gasteiger partial charge in [0.2, 0.25) is 0 Å². The molecule has 2 N–H and O–H groups in total. The van der Waals surface area contributed by atoms with Crippen molar-refractivity contribution >= 4 is 17.5 Å². The number of nitrogens with two attached hydrogens (primary N) is 1. The van der Waals surface area contributed by atoms with Crippen LogP contribution in [0.25, 0.3) is 5.65 Å². The van der Waals surface area contributed by atoms with Gasteiger partial charge in [0, 0.05) is 17.8 Å². The number of primary amides is 1. The molecule has 27 heavy (non-hydrogen) atoms. The van der Waals surface area contributed by atoms with Crippen molar-refractivity contribution in [1.82, 2.24) is 14.4 Å². The summed E-state index contributed by atoms with van der Waals surface area (Å²) in [6.45, 7) is 4.38. The minimum absolute atomic E-state index is 0.153. The standard InChI is InChI=1S/C20H26N4O3/c1-11-16(12(2)24-10-22-18(19(21)26)20(24)23-11)5-6-17(25)27-9-15-8-13-3-4-14(15)7-13/h10,13-15H,3-9H2,1-2H3,(H2,21,26). The van der Waals surface area contributed by atoms with Gasteiger partial charge in [-0.15, -0.1) is 0 Å². The molecule has 2 aliphatic carbocycles. The first-order chi connectivity index (χ1) is 12.9. The van der Waals surface area contributed by atoms with E-state index in [4.69, 9.17) is 10.5 Å². The zero-order valence-corrected chi connectivity index (χ0v) is 15.9. The summed E-state index contributed by atoms with van der Waals surface area (Å²) in [5.41, 5.74) is 8.65. The van der Waals surface area contributed by atoms with E-state index < -0.39 is 5.91 Å². The van der Waals surface area contributed by atoms with Crippen LogP contribution >= 0.6 is 0 Å². The van der Waals surface area contributed by atoms with Crippen LogP contribution in [0.1, 0.15) is 59.5 Å². The summed E-state index contributed by atoms with van der Waals surface area (Å²) in [5, 5.41) is 0. The molecule has 3 unspecified atom stereocenters. The van der Waals surface area contributed by atoms with Crippen molar-refractivity contribution in [2.45, 2.75) is 52.4 Å². The van der Waals surface area contributed by atoms with Gasteiger partial charge < -0.3 is 10.5 Å². The van der Waals surface area contributed by atoms with Gasteiger partial charge in [-0.3, -0.25) is 14.0 Å². The van der Waals surface area contributed by atoms with Gasteiger partial charge in [0.1, 0.15) is 6.33 Å². The van der Waals surface area contributed by atoms with E-state index in [-0.39, 0.29) is 11.7 Å². The molecule has 7 nitrogen and oxygen atoms in total. The molecule has 0 saturated heterocycles. The molecular weight excluding hydrogens is 344 g/mol. The van der Waals surface area contributed by atoms with Gasteiger partial charge >= 0.3 is 5.97 Å².